The zero-order valence-electron chi connectivity index (χ0n) is 10.6. The molecule has 1 atom stereocenters. The fourth-order valence-electron chi connectivity index (χ4n) is 1.35. The molecule has 0 saturated heterocycles. The van der Waals surface area contributed by atoms with E-state index in [4.69, 9.17) is 9.84 Å². The number of hydrogen-bond acceptors (Lipinski definition) is 3. The molecular weight excluding hydrogens is 253 g/mol. The van der Waals surface area contributed by atoms with Crippen LogP contribution in [0.5, 0.6) is 5.75 Å². The molecule has 0 fully saturated rings. The summed E-state index contributed by atoms with van der Waals surface area (Å²) in [4.78, 5) is 21.8. The Labute approximate surface area is 110 Å². The number of hydrogen-bond donors (Lipinski definition) is 2. The Morgan fingerprint density at radius 3 is 2.84 bits per heavy atom. The third-order valence-electron chi connectivity index (χ3n) is 2.36. The molecule has 0 unspecified atom stereocenters. The molecular formula is C13H16FNO4. The van der Waals surface area contributed by atoms with Gasteiger partial charge in [0.1, 0.15) is 17.6 Å². The number of carbonyl (C=O) groups is 2. The van der Waals surface area contributed by atoms with Crippen molar-refractivity contribution >= 4 is 11.9 Å². The summed E-state index contributed by atoms with van der Waals surface area (Å²) in [6, 6.07) is 4.82. The smallest absolute Gasteiger partial charge is 0.325 e. The number of ether oxygens (including phenoxy) is 1. The van der Waals surface area contributed by atoms with Gasteiger partial charge in [0.25, 0.3) is 0 Å². The zero-order valence-corrected chi connectivity index (χ0v) is 10.6. The highest BCUT2D eigenvalue weighted by atomic mass is 19.1. The summed E-state index contributed by atoms with van der Waals surface area (Å²) in [6.45, 7) is 1.65. The molecule has 104 valence electrons. The Hall–Kier alpha value is -2.11. The van der Waals surface area contributed by atoms with E-state index in [2.05, 4.69) is 5.32 Å². The monoisotopic (exact) mass is 269 g/mol. The number of carboxylic acid groups (broad SMARTS) is 1. The van der Waals surface area contributed by atoms with Crippen LogP contribution in [-0.2, 0) is 9.59 Å². The van der Waals surface area contributed by atoms with Gasteiger partial charge in [0, 0.05) is 12.5 Å². The van der Waals surface area contributed by atoms with E-state index in [0.717, 1.165) is 0 Å². The van der Waals surface area contributed by atoms with E-state index < -0.39 is 12.0 Å². The molecule has 0 aliphatic carbocycles. The highest BCUT2D eigenvalue weighted by molar-refractivity contribution is 5.83. The van der Waals surface area contributed by atoms with E-state index in [1.807, 2.05) is 0 Å². The molecule has 1 aromatic rings. The third kappa shape index (κ3) is 5.85. The fraction of sp³-hybridized carbons (Fsp3) is 0.385. The van der Waals surface area contributed by atoms with E-state index >= 15 is 0 Å². The lowest BCUT2D eigenvalue weighted by molar-refractivity contribution is -0.141. The molecule has 0 bridgehead atoms. The zero-order chi connectivity index (χ0) is 14.3. The van der Waals surface area contributed by atoms with Crippen LogP contribution in [0.2, 0.25) is 0 Å². The maximum Gasteiger partial charge on any atom is 0.325 e. The van der Waals surface area contributed by atoms with Gasteiger partial charge in [-0.05, 0) is 25.5 Å². The number of halogens is 1. The van der Waals surface area contributed by atoms with Crippen LogP contribution in [0.15, 0.2) is 24.3 Å². The van der Waals surface area contributed by atoms with Crippen molar-refractivity contribution in [2.75, 3.05) is 6.61 Å². The van der Waals surface area contributed by atoms with Gasteiger partial charge in [-0.2, -0.15) is 0 Å². The summed E-state index contributed by atoms with van der Waals surface area (Å²) < 4.78 is 18.1. The van der Waals surface area contributed by atoms with Crippen molar-refractivity contribution in [3.05, 3.63) is 30.1 Å². The van der Waals surface area contributed by atoms with Gasteiger partial charge < -0.3 is 15.2 Å². The van der Waals surface area contributed by atoms with Crippen molar-refractivity contribution in [2.24, 2.45) is 0 Å². The average Bonchev–Trinajstić information content (AvgIpc) is 2.34. The SMILES string of the molecule is C[C@@H](NC(=O)CCCOc1cccc(F)c1)C(=O)O. The summed E-state index contributed by atoms with van der Waals surface area (Å²) >= 11 is 0. The second-order valence-electron chi connectivity index (χ2n) is 4.04. The largest absolute Gasteiger partial charge is 0.493 e. The molecule has 0 aromatic heterocycles. The van der Waals surface area contributed by atoms with Gasteiger partial charge in [-0.1, -0.05) is 6.07 Å². The van der Waals surface area contributed by atoms with Gasteiger partial charge in [0.05, 0.1) is 6.61 Å². The lowest BCUT2D eigenvalue weighted by Gasteiger charge is -2.09. The van der Waals surface area contributed by atoms with Crippen molar-refractivity contribution in [3.8, 4) is 5.75 Å². The lowest BCUT2D eigenvalue weighted by Crippen LogP contribution is -2.38. The normalized spacial score (nSPS) is 11.7. The number of benzene rings is 1. The molecule has 0 heterocycles. The van der Waals surface area contributed by atoms with Crippen molar-refractivity contribution in [2.45, 2.75) is 25.8 Å². The highest BCUT2D eigenvalue weighted by Crippen LogP contribution is 2.12. The minimum Gasteiger partial charge on any atom is -0.493 e. The minimum atomic E-state index is -1.08. The van der Waals surface area contributed by atoms with Crippen LogP contribution in [-0.4, -0.2) is 29.6 Å². The molecule has 0 aliphatic rings. The second kappa shape index (κ2) is 7.35. The maximum absolute atomic E-state index is 12.8. The summed E-state index contributed by atoms with van der Waals surface area (Å²) in [5.41, 5.74) is 0. The number of nitrogens with one attached hydrogen (secondary N) is 1. The van der Waals surface area contributed by atoms with Gasteiger partial charge in [0.2, 0.25) is 5.91 Å². The van der Waals surface area contributed by atoms with E-state index in [-0.39, 0.29) is 24.8 Å². The fourth-order valence-corrected chi connectivity index (χ4v) is 1.35. The lowest BCUT2D eigenvalue weighted by atomic mass is 10.2. The van der Waals surface area contributed by atoms with Crippen molar-refractivity contribution in [1.82, 2.24) is 5.32 Å². The molecule has 0 radical (unpaired) electrons. The second-order valence-corrected chi connectivity index (χ2v) is 4.04. The van der Waals surface area contributed by atoms with Gasteiger partial charge in [-0.15, -0.1) is 0 Å². The van der Waals surface area contributed by atoms with E-state index in [0.29, 0.717) is 12.2 Å². The van der Waals surface area contributed by atoms with E-state index in [9.17, 15) is 14.0 Å². The predicted molar refractivity (Wildman–Crippen MR) is 66.4 cm³/mol. The summed E-state index contributed by atoms with van der Waals surface area (Å²) in [6.07, 6.45) is 0.585. The molecule has 0 spiro atoms. The Kier molecular flexibility index (Phi) is 5.78. The number of carbonyl (C=O) groups excluding carboxylic acids is 1. The summed E-state index contributed by atoms with van der Waals surface area (Å²) in [5, 5.41) is 10.9. The first-order valence-electron chi connectivity index (χ1n) is 5.89. The van der Waals surface area contributed by atoms with Crippen LogP contribution in [0.1, 0.15) is 19.8 Å². The van der Waals surface area contributed by atoms with Crippen LogP contribution < -0.4 is 10.1 Å². The predicted octanol–water partition coefficient (Wildman–Crippen LogP) is 1.57. The van der Waals surface area contributed by atoms with Crippen LogP contribution in [0.4, 0.5) is 4.39 Å². The van der Waals surface area contributed by atoms with Crippen molar-refractivity contribution in [1.29, 1.82) is 0 Å². The molecule has 19 heavy (non-hydrogen) atoms. The van der Waals surface area contributed by atoms with E-state index in [1.165, 1.54) is 25.1 Å². The summed E-state index contributed by atoms with van der Waals surface area (Å²) in [5.74, 6) is -1.41. The van der Waals surface area contributed by atoms with Crippen LogP contribution in [0.3, 0.4) is 0 Å². The van der Waals surface area contributed by atoms with Gasteiger partial charge >= 0.3 is 5.97 Å². The van der Waals surface area contributed by atoms with Crippen molar-refractivity contribution < 1.29 is 23.8 Å². The van der Waals surface area contributed by atoms with E-state index in [1.54, 1.807) is 6.07 Å². The molecule has 1 amide bonds. The topological polar surface area (TPSA) is 75.6 Å². The van der Waals surface area contributed by atoms with Gasteiger partial charge in [-0.3, -0.25) is 9.59 Å². The molecule has 0 saturated carbocycles. The number of amides is 1. The summed E-state index contributed by atoms with van der Waals surface area (Å²) in [7, 11) is 0. The quantitative estimate of drug-likeness (QED) is 0.737. The van der Waals surface area contributed by atoms with Gasteiger partial charge in [0.15, 0.2) is 0 Å². The first kappa shape index (κ1) is 14.9. The van der Waals surface area contributed by atoms with Crippen LogP contribution in [0.25, 0.3) is 0 Å². The Balaban J connectivity index is 2.20. The Morgan fingerprint density at radius 1 is 1.47 bits per heavy atom. The first-order chi connectivity index (χ1) is 8.99. The maximum atomic E-state index is 12.8. The number of carboxylic acids is 1. The highest BCUT2D eigenvalue weighted by Gasteiger charge is 2.13. The van der Waals surface area contributed by atoms with Crippen molar-refractivity contribution in [3.63, 3.8) is 0 Å². The number of aliphatic carboxylic acids is 1. The third-order valence-corrected chi connectivity index (χ3v) is 2.36. The number of rotatable bonds is 7. The first-order valence-corrected chi connectivity index (χ1v) is 5.89. The van der Waals surface area contributed by atoms with Gasteiger partial charge in [-0.25, -0.2) is 4.39 Å². The molecule has 0 aliphatic heterocycles. The van der Waals surface area contributed by atoms with Crippen LogP contribution >= 0.6 is 0 Å². The standard InChI is InChI=1S/C13H16FNO4/c1-9(13(17)18)15-12(16)6-3-7-19-11-5-2-4-10(14)8-11/h2,4-5,8-9H,3,6-7H2,1H3,(H,15,16)(H,17,18)/t9-/m1/s1. The minimum absolute atomic E-state index is 0.160. The molecule has 1 aromatic carbocycles. The van der Waals surface area contributed by atoms with Crippen LogP contribution in [0, 0.1) is 5.82 Å². The Bertz CT molecular complexity index is 450. The Morgan fingerprint density at radius 2 is 2.21 bits per heavy atom. The molecule has 6 heteroatoms. The molecule has 2 N–H and O–H groups in total. The average molecular weight is 269 g/mol. The molecule has 1 rings (SSSR count). The molecule has 5 nitrogen and oxygen atoms in total.